The Bertz CT molecular complexity index is 921. The second kappa shape index (κ2) is 7.76. The first-order valence-electron chi connectivity index (χ1n) is 9.58. The summed E-state index contributed by atoms with van der Waals surface area (Å²) in [6.07, 6.45) is 0.405. The van der Waals surface area contributed by atoms with Crippen LogP contribution in [-0.2, 0) is 15.2 Å². The van der Waals surface area contributed by atoms with Crippen molar-refractivity contribution in [3.8, 4) is 5.75 Å². The van der Waals surface area contributed by atoms with E-state index in [0.29, 0.717) is 25.1 Å². The van der Waals surface area contributed by atoms with Gasteiger partial charge in [0, 0.05) is 18.5 Å². The van der Waals surface area contributed by atoms with Crippen molar-refractivity contribution in [1.82, 2.24) is 0 Å². The molecule has 28 heavy (non-hydrogen) atoms. The van der Waals surface area contributed by atoms with Crippen molar-refractivity contribution in [1.29, 1.82) is 0 Å². The number of aliphatic hydroxyl groups is 1. The van der Waals surface area contributed by atoms with Crippen LogP contribution in [-0.4, -0.2) is 29.9 Å². The molecular formula is C23H27NO4. The lowest BCUT2D eigenvalue weighted by molar-refractivity contribution is -0.141. The van der Waals surface area contributed by atoms with Crippen LogP contribution in [0.25, 0.3) is 0 Å². The van der Waals surface area contributed by atoms with Crippen molar-refractivity contribution in [3.63, 3.8) is 0 Å². The molecule has 1 heterocycles. The highest BCUT2D eigenvalue weighted by atomic mass is 16.5. The van der Waals surface area contributed by atoms with Crippen molar-refractivity contribution in [2.45, 2.75) is 46.1 Å². The molecule has 0 bridgehead atoms. The van der Waals surface area contributed by atoms with Crippen molar-refractivity contribution in [2.75, 3.05) is 18.1 Å². The smallest absolute Gasteiger partial charge is 0.264 e. The standard InChI is InChI=1S/C23H27NO4/c1-15-8-5-6-9-19(15)28-13-7-12-24-21-17(3)11-10-16(2)20(21)23(27,22(24)26)14-18(4)25/h5-6,8-11,27H,7,12-14H2,1-4H3. The van der Waals surface area contributed by atoms with E-state index in [2.05, 4.69) is 0 Å². The van der Waals surface area contributed by atoms with Gasteiger partial charge < -0.3 is 14.7 Å². The topological polar surface area (TPSA) is 66.8 Å². The van der Waals surface area contributed by atoms with Crippen molar-refractivity contribution >= 4 is 17.4 Å². The maximum absolute atomic E-state index is 13.1. The van der Waals surface area contributed by atoms with Gasteiger partial charge in [0.2, 0.25) is 0 Å². The van der Waals surface area contributed by atoms with Crippen molar-refractivity contribution < 1.29 is 19.4 Å². The molecule has 1 N–H and O–H groups in total. The summed E-state index contributed by atoms with van der Waals surface area (Å²) in [5, 5.41) is 11.2. The van der Waals surface area contributed by atoms with Gasteiger partial charge in [0.1, 0.15) is 11.5 Å². The van der Waals surface area contributed by atoms with Gasteiger partial charge >= 0.3 is 0 Å². The quantitative estimate of drug-likeness (QED) is 0.744. The number of ketones is 1. The first kappa shape index (κ1) is 20.1. The Kier molecular flexibility index (Phi) is 5.57. The molecule has 0 fully saturated rings. The number of para-hydroxylation sites is 1. The third kappa shape index (κ3) is 3.54. The molecule has 3 rings (SSSR count). The Morgan fingerprint density at radius 1 is 1.07 bits per heavy atom. The Morgan fingerprint density at radius 3 is 2.43 bits per heavy atom. The van der Waals surface area contributed by atoms with E-state index < -0.39 is 11.5 Å². The maximum Gasteiger partial charge on any atom is 0.264 e. The number of amides is 1. The summed E-state index contributed by atoms with van der Waals surface area (Å²) < 4.78 is 5.84. The number of carbonyl (C=O) groups is 2. The Balaban J connectivity index is 1.80. The van der Waals surface area contributed by atoms with Crippen LogP contribution in [0.2, 0.25) is 0 Å². The first-order valence-corrected chi connectivity index (χ1v) is 9.58. The number of Topliss-reactive ketones (excluding diaryl/α,β-unsaturated/α-hetero) is 1. The summed E-state index contributed by atoms with van der Waals surface area (Å²) >= 11 is 0. The monoisotopic (exact) mass is 381 g/mol. The van der Waals surface area contributed by atoms with Gasteiger partial charge in [-0.05, 0) is 56.9 Å². The average molecular weight is 381 g/mol. The summed E-state index contributed by atoms with van der Waals surface area (Å²) in [4.78, 5) is 26.5. The van der Waals surface area contributed by atoms with Crippen LogP contribution in [0.4, 0.5) is 5.69 Å². The second-order valence-electron chi connectivity index (χ2n) is 7.59. The molecule has 0 radical (unpaired) electrons. The molecule has 1 unspecified atom stereocenters. The van der Waals surface area contributed by atoms with E-state index >= 15 is 0 Å². The maximum atomic E-state index is 13.1. The number of nitrogens with zero attached hydrogens (tertiary/aromatic N) is 1. The third-order valence-electron chi connectivity index (χ3n) is 5.25. The van der Waals surface area contributed by atoms with Gasteiger partial charge in [-0.15, -0.1) is 0 Å². The molecule has 1 aliphatic heterocycles. The molecule has 5 nitrogen and oxygen atoms in total. The molecule has 0 saturated carbocycles. The van der Waals surface area contributed by atoms with E-state index in [1.165, 1.54) is 6.92 Å². The SMILES string of the molecule is CC(=O)CC1(O)C(=O)N(CCCOc2ccccc2C)c2c(C)ccc(C)c21. The van der Waals surface area contributed by atoms with Crippen LogP contribution >= 0.6 is 0 Å². The molecule has 0 aliphatic carbocycles. The highest BCUT2D eigenvalue weighted by molar-refractivity contribution is 6.09. The Morgan fingerprint density at radius 2 is 1.75 bits per heavy atom. The summed E-state index contributed by atoms with van der Waals surface area (Å²) in [6, 6.07) is 11.6. The molecule has 0 spiro atoms. The van der Waals surface area contributed by atoms with E-state index in [0.717, 1.165) is 28.1 Å². The van der Waals surface area contributed by atoms with E-state index in [1.54, 1.807) is 4.90 Å². The molecule has 0 aromatic heterocycles. The van der Waals surface area contributed by atoms with Crippen LogP contribution < -0.4 is 9.64 Å². The van der Waals surface area contributed by atoms with Crippen molar-refractivity contribution in [3.05, 3.63) is 58.7 Å². The highest BCUT2D eigenvalue weighted by Crippen LogP contribution is 2.46. The molecular weight excluding hydrogens is 354 g/mol. The minimum Gasteiger partial charge on any atom is -0.493 e. The number of anilines is 1. The number of rotatable bonds is 7. The summed E-state index contributed by atoms with van der Waals surface area (Å²) in [5.74, 6) is 0.189. The zero-order chi connectivity index (χ0) is 20.5. The minimum atomic E-state index is -1.78. The predicted molar refractivity (Wildman–Crippen MR) is 109 cm³/mol. The van der Waals surface area contributed by atoms with Crippen LogP contribution in [0.1, 0.15) is 42.0 Å². The molecule has 2 aromatic rings. The van der Waals surface area contributed by atoms with E-state index in [9.17, 15) is 14.7 Å². The fourth-order valence-electron chi connectivity index (χ4n) is 3.96. The Labute approximate surface area is 165 Å². The number of carbonyl (C=O) groups excluding carboxylic acids is 2. The largest absolute Gasteiger partial charge is 0.493 e. The Hall–Kier alpha value is -2.66. The lowest BCUT2D eigenvalue weighted by Gasteiger charge is -2.23. The summed E-state index contributed by atoms with van der Waals surface area (Å²) in [5.41, 5.74) is 2.29. The van der Waals surface area contributed by atoms with Gasteiger partial charge in [0.05, 0.1) is 12.3 Å². The fraction of sp³-hybridized carbons (Fsp3) is 0.391. The molecule has 5 heteroatoms. The third-order valence-corrected chi connectivity index (χ3v) is 5.25. The summed E-state index contributed by atoms with van der Waals surface area (Å²) in [6.45, 7) is 8.05. The normalized spacial score (nSPS) is 18.3. The molecule has 148 valence electrons. The number of hydrogen-bond acceptors (Lipinski definition) is 4. The number of benzene rings is 2. The average Bonchev–Trinajstić information content (AvgIpc) is 2.85. The van der Waals surface area contributed by atoms with E-state index in [-0.39, 0.29) is 12.2 Å². The van der Waals surface area contributed by atoms with Crippen molar-refractivity contribution in [2.24, 2.45) is 0 Å². The van der Waals surface area contributed by atoms with Gasteiger partial charge in [-0.3, -0.25) is 9.59 Å². The summed E-state index contributed by atoms with van der Waals surface area (Å²) in [7, 11) is 0. The lowest BCUT2D eigenvalue weighted by atomic mass is 9.86. The second-order valence-corrected chi connectivity index (χ2v) is 7.59. The van der Waals surface area contributed by atoms with Gasteiger partial charge in [-0.1, -0.05) is 30.3 Å². The van der Waals surface area contributed by atoms with Crippen LogP contribution in [0.5, 0.6) is 5.75 Å². The van der Waals surface area contributed by atoms with Gasteiger partial charge in [-0.25, -0.2) is 0 Å². The zero-order valence-corrected chi connectivity index (χ0v) is 16.9. The molecule has 1 amide bonds. The first-order chi connectivity index (χ1) is 13.3. The number of hydrogen-bond donors (Lipinski definition) is 1. The molecule has 1 aliphatic rings. The molecule has 0 saturated heterocycles. The lowest BCUT2D eigenvalue weighted by Crippen LogP contribution is -2.42. The van der Waals surface area contributed by atoms with E-state index in [1.807, 2.05) is 57.2 Å². The van der Waals surface area contributed by atoms with Crippen LogP contribution in [0.3, 0.4) is 0 Å². The zero-order valence-electron chi connectivity index (χ0n) is 16.9. The van der Waals surface area contributed by atoms with Gasteiger partial charge in [-0.2, -0.15) is 0 Å². The van der Waals surface area contributed by atoms with Crippen LogP contribution in [0.15, 0.2) is 36.4 Å². The number of ether oxygens (including phenoxy) is 1. The van der Waals surface area contributed by atoms with Gasteiger partial charge in [0.15, 0.2) is 5.60 Å². The fourth-order valence-corrected chi connectivity index (χ4v) is 3.96. The number of aryl methyl sites for hydroxylation is 3. The minimum absolute atomic E-state index is 0.209. The molecule has 1 atom stereocenters. The molecule has 2 aromatic carbocycles. The van der Waals surface area contributed by atoms with Gasteiger partial charge in [0.25, 0.3) is 5.91 Å². The van der Waals surface area contributed by atoms with E-state index in [4.69, 9.17) is 4.74 Å². The highest BCUT2D eigenvalue weighted by Gasteiger charge is 2.51. The predicted octanol–water partition coefficient (Wildman–Crippen LogP) is 3.59. The number of fused-ring (bicyclic) bond motifs is 1. The van der Waals surface area contributed by atoms with Crippen LogP contribution in [0, 0.1) is 20.8 Å².